The summed E-state index contributed by atoms with van der Waals surface area (Å²) in [6.07, 6.45) is 4.07. The lowest BCUT2D eigenvalue weighted by Gasteiger charge is -2.40. The van der Waals surface area contributed by atoms with Crippen molar-refractivity contribution in [1.82, 2.24) is 0 Å². The fourth-order valence-corrected chi connectivity index (χ4v) is 9.76. The first kappa shape index (κ1) is 25.9. The second-order valence-corrected chi connectivity index (χ2v) is 13.3. The van der Waals surface area contributed by atoms with Crippen molar-refractivity contribution in [3.8, 4) is 0 Å². The largest absolute Gasteiger partial charge is 0.673 e. The van der Waals surface area contributed by atoms with Crippen molar-refractivity contribution in [3.05, 3.63) is 91.0 Å². The average molecular weight is 502 g/mol. The number of fused-ring (bicyclic) bond motifs is 2. The first-order chi connectivity index (χ1) is 16.5. The Balaban J connectivity index is 0.000000527. The lowest BCUT2D eigenvalue weighted by Crippen LogP contribution is -2.42. The molecular formula is C28H32BF4OP. The lowest BCUT2D eigenvalue weighted by molar-refractivity contribution is 0.0381. The van der Waals surface area contributed by atoms with E-state index in [1.54, 1.807) is 0 Å². The van der Waals surface area contributed by atoms with Crippen LogP contribution in [0.5, 0.6) is 0 Å². The van der Waals surface area contributed by atoms with Crippen LogP contribution >= 0.6 is 7.49 Å². The maximum absolute atomic E-state index is 9.75. The summed E-state index contributed by atoms with van der Waals surface area (Å²) in [5.41, 5.74) is 0.554. The number of hydrogen-bond donors (Lipinski definition) is 0. The van der Waals surface area contributed by atoms with Gasteiger partial charge in [-0.15, -0.1) is 0 Å². The maximum Gasteiger partial charge on any atom is 0.673 e. The minimum atomic E-state index is -6.00. The zero-order valence-corrected chi connectivity index (χ0v) is 21.3. The van der Waals surface area contributed by atoms with Crippen LogP contribution in [0.3, 0.4) is 0 Å². The van der Waals surface area contributed by atoms with Gasteiger partial charge in [0.25, 0.3) is 0 Å². The fourth-order valence-electron chi connectivity index (χ4n) is 6.02. The molecule has 7 heteroatoms. The predicted octanol–water partition coefficient (Wildman–Crippen LogP) is 7.43. The SMILES string of the molecule is CC1(C)[C@@H]2CC[C@@]1(C)[C@@H](O[P+](c1ccccc1)(c1ccccc1)c1ccccc1)C2.F[B-](F)(F)F. The van der Waals surface area contributed by atoms with E-state index in [0.29, 0.717) is 5.41 Å². The third-order valence-electron chi connectivity index (χ3n) is 8.36. The molecule has 2 aliphatic rings. The minimum absolute atomic E-state index is 0.223. The Morgan fingerprint density at radius 1 is 0.714 bits per heavy atom. The van der Waals surface area contributed by atoms with Crippen LogP contribution in [0, 0.1) is 16.7 Å². The number of rotatable bonds is 5. The molecular weight excluding hydrogens is 470 g/mol. The van der Waals surface area contributed by atoms with Crippen LogP contribution in [-0.4, -0.2) is 13.4 Å². The van der Waals surface area contributed by atoms with Gasteiger partial charge >= 0.3 is 7.25 Å². The van der Waals surface area contributed by atoms with Crippen molar-refractivity contribution in [2.24, 2.45) is 16.7 Å². The van der Waals surface area contributed by atoms with Gasteiger partial charge in [-0.2, -0.15) is 0 Å². The van der Waals surface area contributed by atoms with Gasteiger partial charge in [-0.05, 0) is 67.0 Å². The Hall–Kier alpha value is -2.17. The highest BCUT2D eigenvalue weighted by atomic mass is 31.2. The molecule has 0 aromatic heterocycles. The van der Waals surface area contributed by atoms with Crippen LogP contribution < -0.4 is 15.9 Å². The second-order valence-electron chi connectivity index (χ2n) is 10.3. The van der Waals surface area contributed by atoms with Gasteiger partial charge in [-0.3, -0.25) is 0 Å². The molecule has 2 aliphatic carbocycles. The number of hydrogen-bond acceptors (Lipinski definition) is 1. The van der Waals surface area contributed by atoms with Gasteiger partial charge in [0, 0.05) is 5.41 Å². The zero-order chi connectivity index (χ0) is 25.3. The summed E-state index contributed by atoms with van der Waals surface area (Å²) in [5, 5.41) is 3.93. The standard InChI is InChI=1S/C28H32OP.BF4/c1-27(2)22-19-20-28(27,3)26(21-22)29-30(23-13-7-4-8-14-23,24-15-9-5-10-16-24)25-17-11-6-12-18-25;2-1(3,4)5/h4-18,22,26H,19-21H2,1-3H3;/q+1;-1/t22-,26+,28+;/m1./s1. The Morgan fingerprint density at radius 2 is 1.09 bits per heavy atom. The topological polar surface area (TPSA) is 9.23 Å². The van der Waals surface area contributed by atoms with Gasteiger partial charge in [0.1, 0.15) is 22.0 Å². The van der Waals surface area contributed by atoms with Crippen LogP contribution in [0.2, 0.25) is 0 Å². The van der Waals surface area contributed by atoms with Gasteiger partial charge < -0.3 is 17.3 Å². The van der Waals surface area contributed by atoms with Crippen LogP contribution in [0.1, 0.15) is 40.0 Å². The van der Waals surface area contributed by atoms with Crippen LogP contribution in [-0.2, 0) is 4.52 Å². The summed E-state index contributed by atoms with van der Waals surface area (Å²) in [6, 6.07) is 32.9. The van der Waals surface area contributed by atoms with Gasteiger partial charge in [-0.25, -0.2) is 4.52 Å². The highest BCUT2D eigenvalue weighted by Gasteiger charge is 2.65. The summed E-state index contributed by atoms with van der Waals surface area (Å²) < 4.78 is 46.5. The smallest absolute Gasteiger partial charge is 0.418 e. The van der Waals surface area contributed by atoms with Gasteiger partial charge in [0.15, 0.2) is 0 Å². The highest BCUT2D eigenvalue weighted by molar-refractivity contribution is 7.91. The summed E-state index contributed by atoms with van der Waals surface area (Å²) in [5.74, 6) is 0.761. The Morgan fingerprint density at radius 3 is 1.37 bits per heavy atom. The molecule has 3 aromatic carbocycles. The second kappa shape index (κ2) is 9.71. The first-order valence-electron chi connectivity index (χ1n) is 12.1. The third kappa shape index (κ3) is 4.93. The number of benzene rings is 3. The normalized spacial score (nSPS) is 25.1. The van der Waals surface area contributed by atoms with Crippen LogP contribution in [0.15, 0.2) is 91.0 Å². The molecule has 2 fully saturated rings. The Kier molecular flexibility index (Phi) is 7.19. The predicted molar refractivity (Wildman–Crippen MR) is 139 cm³/mol. The molecule has 0 unspecified atom stereocenters. The van der Waals surface area contributed by atoms with E-state index < -0.39 is 14.7 Å². The van der Waals surface area contributed by atoms with Crippen molar-refractivity contribution in [2.75, 3.05) is 0 Å². The molecule has 0 heterocycles. The van der Waals surface area contributed by atoms with E-state index in [1.165, 1.54) is 35.2 Å². The van der Waals surface area contributed by atoms with Gasteiger partial charge in [0.2, 0.25) is 7.49 Å². The summed E-state index contributed by atoms with van der Waals surface area (Å²) in [6.45, 7) is 7.43. The van der Waals surface area contributed by atoms with Crippen LogP contribution in [0.4, 0.5) is 17.3 Å². The molecule has 2 bridgehead atoms. The van der Waals surface area contributed by atoms with E-state index in [0.717, 1.165) is 5.92 Å². The van der Waals surface area contributed by atoms with Crippen LogP contribution in [0.25, 0.3) is 0 Å². The Labute approximate surface area is 206 Å². The molecule has 0 aliphatic heterocycles. The minimum Gasteiger partial charge on any atom is -0.418 e. The Bertz CT molecular complexity index is 1010. The molecule has 0 amide bonds. The van der Waals surface area contributed by atoms with Crippen molar-refractivity contribution in [2.45, 2.75) is 46.1 Å². The summed E-state index contributed by atoms with van der Waals surface area (Å²) in [4.78, 5) is 0. The summed E-state index contributed by atoms with van der Waals surface area (Å²) in [7, 11) is -8.23. The molecule has 3 atom stereocenters. The maximum atomic E-state index is 9.75. The monoisotopic (exact) mass is 502 g/mol. The molecule has 2 saturated carbocycles. The van der Waals surface area contributed by atoms with E-state index in [9.17, 15) is 17.3 Å². The van der Waals surface area contributed by atoms with Crippen molar-refractivity contribution >= 4 is 30.7 Å². The van der Waals surface area contributed by atoms with E-state index in [4.69, 9.17) is 4.52 Å². The molecule has 0 saturated heterocycles. The molecule has 186 valence electrons. The summed E-state index contributed by atoms with van der Waals surface area (Å²) >= 11 is 0. The van der Waals surface area contributed by atoms with E-state index in [-0.39, 0.29) is 11.5 Å². The molecule has 5 rings (SSSR count). The first-order valence-corrected chi connectivity index (χ1v) is 13.8. The fraction of sp³-hybridized carbons (Fsp3) is 0.357. The zero-order valence-electron chi connectivity index (χ0n) is 20.4. The van der Waals surface area contributed by atoms with E-state index in [2.05, 4.69) is 112 Å². The van der Waals surface area contributed by atoms with E-state index >= 15 is 0 Å². The van der Waals surface area contributed by atoms with E-state index in [1.807, 2.05) is 0 Å². The third-order valence-corrected chi connectivity index (χ3v) is 12.0. The number of halogens is 4. The highest BCUT2D eigenvalue weighted by Crippen LogP contribution is 2.70. The molecule has 35 heavy (non-hydrogen) atoms. The molecule has 0 N–H and O–H groups in total. The molecule has 1 nitrogen and oxygen atoms in total. The van der Waals surface area contributed by atoms with Crippen molar-refractivity contribution in [1.29, 1.82) is 0 Å². The average Bonchev–Trinajstić information content (AvgIpc) is 3.17. The molecule has 0 spiro atoms. The van der Waals surface area contributed by atoms with Gasteiger partial charge in [0.05, 0.1) is 0 Å². The molecule has 0 radical (unpaired) electrons. The molecule has 3 aromatic rings. The lowest BCUT2D eigenvalue weighted by atomic mass is 9.70. The van der Waals surface area contributed by atoms with Crippen molar-refractivity contribution in [3.63, 3.8) is 0 Å². The van der Waals surface area contributed by atoms with Crippen molar-refractivity contribution < 1.29 is 21.8 Å². The quantitative estimate of drug-likeness (QED) is 0.200. The van der Waals surface area contributed by atoms with Gasteiger partial charge in [-0.1, -0.05) is 75.4 Å².